The Labute approximate surface area is 189 Å². The Balaban J connectivity index is 1.66. The van der Waals surface area contributed by atoms with E-state index < -0.39 is 4.92 Å². The van der Waals surface area contributed by atoms with Crippen molar-refractivity contribution in [2.75, 3.05) is 6.26 Å². The van der Waals surface area contributed by atoms with Crippen LogP contribution in [-0.2, 0) is 13.5 Å². The van der Waals surface area contributed by atoms with Gasteiger partial charge in [-0.15, -0.1) is 11.8 Å². The van der Waals surface area contributed by atoms with Crippen LogP contribution in [0, 0.1) is 10.1 Å². The number of carbonyl (C=O) groups is 1. The van der Waals surface area contributed by atoms with E-state index in [1.807, 2.05) is 66.2 Å². The second kappa shape index (κ2) is 9.23. The third-order valence-electron chi connectivity index (χ3n) is 5.41. The molecule has 7 nitrogen and oxygen atoms in total. The average Bonchev–Trinajstić information content (AvgIpc) is 3.14. The lowest BCUT2D eigenvalue weighted by atomic mass is 10.0. The summed E-state index contributed by atoms with van der Waals surface area (Å²) in [6.07, 6.45) is 2.25. The number of thioether (sulfide) groups is 1. The molecule has 0 fully saturated rings. The second-order valence-corrected chi connectivity index (χ2v) is 8.21. The van der Waals surface area contributed by atoms with Crippen LogP contribution >= 0.6 is 11.8 Å². The molecular formula is C24H22N4O3S. The predicted molar refractivity (Wildman–Crippen MR) is 126 cm³/mol. The van der Waals surface area contributed by atoms with E-state index >= 15 is 0 Å². The van der Waals surface area contributed by atoms with Gasteiger partial charge in [-0.2, -0.15) is 0 Å². The number of aromatic nitrogens is 2. The van der Waals surface area contributed by atoms with Gasteiger partial charge in [0.05, 0.1) is 26.9 Å². The summed E-state index contributed by atoms with van der Waals surface area (Å²) in [4.78, 5) is 29.3. The van der Waals surface area contributed by atoms with E-state index in [2.05, 4.69) is 5.32 Å². The van der Waals surface area contributed by atoms with Gasteiger partial charge in [-0.05, 0) is 36.1 Å². The summed E-state index contributed by atoms with van der Waals surface area (Å²) in [5.41, 5.74) is 3.02. The van der Waals surface area contributed by atoms with E-state index in [-0.39, 0.29) is 23.2 Å². The quantitative estimate of drug-likeness (QED) is 0.247. The van der Waals surface area contributed by atoms with E-state index in [0.717, 1.165) is 22.4 Å². The number of nitrogens with one attached hydrogen (secondary N) is 1. The molecule has 0 unspecified atom stereocenters. The summed E-state index contributed by atoms with van der Waals surface area (Å²) < 4.78 is 2.02. The standard InChI is InChI=1S/C24H22N4O3S/c1-27-20-11-7-6-10-18(20)25-23(27)15-19(16-8-4-3-5-9-16)26-24(29)17-12-13-22(32-2)21(14-17)28(30)31/h3-14,19H,15H2,1-2H3,(H,26,29)/t19-/m1/s1. The summed E-state index contributed by atoms with van der Waals surface area (Å²) in [7, 11) is 1.96. The van der Waals surface area contributed by atoms with Crippen molar-refractivity contribution in [1.29, 1.82) is 0 Å². The van der Waals surface area contributed by atoms with Gasteiger partial charge in [-0.25, -0.2) is 4.98 Å². The summed E-state index contributed by atoms with van der Waals surface area (Å²) in [6, 6.07) is 21.7. The zero-order valence-electron chi connectivity index (χ0n) is 17.7. The summed E-state index contributed by atoms with van der Waals surface area (Å²) in [6.45, 7) is 0. The van der Waals surface area contributed by atoms with Crippen LogP contribution in [0.15, 0.2) is 77.7 Å². The van der Waals surface area contributed by atoms with Crippen LogP contribution < -0.4 is 5.32 Å². The third-order valence-corrected chi connectivity index (χ3v) is 6.20. The van der Waals surface area contributed by atoms with Crippen molar-refractivity contribution in [3.05, 3.63) is 99.9 Å². The van der Waals surface area contributed by atoms with Crippen molar-refractivity contribution >= 4 is 34.4 Å². The number of carbonyl (C=O) groups excluding carboxylic acids is 1. The average molecular weight is 447 g/mol. The fourth-order valence-electron chi connectivity index (χ4n) is 3.71. The number of nitrogens with zero attached hydrogens (tertiary/aromatic N) is 3. The molecule has 0 bridgehead atoms. The molecule has 1 heterocycles. The molecule has 4 rings (SSSR count). The van der Waals surface area contributed by atoms with Crippen LogP contribution in [0.5, 0.6) is 0 Å². The molecule has 162 valence electrons. The molecule has 1 atom stereocenters. The minimum atomic E-state index is -0.462. The minimum Gasteiger partial charge on any atom is -0.345 e. The molecule has 1 aromatic heterocycles. The number of amides is 1. The van der Waals surface area contributed by atoms with Crippen LogP contribution in [0.3, 0.4) is 0 Å². The van der Waals surface area contributed by atoms with Gasteiger partial charge in [0.25, 0.3) is 11.6 Å². The lowest BCUT2D eigenvalue weighted by molar-refractivity contribution is -0.387. The lowest BCUT2D eigenvalue weighted by Crippen LogP contribution is -2.30. The Morgan fingerprint density at radius 2 is 1.84 bits per heavy atom. The Morgan fingerprint density at radius 1 is 1.12 bits per heavy atom. The molecule has 0 saturated heterocycles. The Hall–Kier alpha value is -3.65. The molecule has 3 aromatic carbocycles. The number of rotatable bonds is 7. The molecule has 0 radical (unpaired) electrons. The number of hydrogen-bond acceptors (Lipinski definition) is 5. The first kappa shape index (κ1) is 21.6. The number of hydrogen-bond donors (Lipinski definition) is 1. The monoisotopic (exact) mass is 446 g/mol. The van der Waals surface area contributed by atoms with Crippen LogP contribution in [0.2, 0.25) is 0 Å². The predicted octanol–water partition coefficient (Wildman–Crippen LogP) is 4.92. The maximum atomic E-state index is 13.1. The van der Waals surface area contributed by atoms with E-state index in [0.29, 0.717) is 11.3 Å². The third kappa shape index (κ3) is 4.36. The fraction of sp³-hybridized carbons (Fsp3) is 0.167. The number of fused-ring (bicyclic) bond motifs is 1. The summed E-state index contributed by atoms with van der Waals surface area (Å²) in [5.74, 6) is 0.470. The van der Waals surface area contributed by atoms with E-state index in [1.54, 1.807) is 18.4 Å². The normalized spacial score (nSPS) is 11.9. The molecular weight excluding hydrogens is 424 g/mol. The van der Waals surface area contributed by atoms with Crippen LogP contribution in [0.25, 0.3) is 11.0 Å². The zero-order chi connectivity index (χ0) is 22.7. The molecule has 0 spiro atoms. The maximum absolute atomic E-state index is 13.1. The van der Waals surface area contributed by atoms with Crippen molar-refractivity contribution < 1.29 is 9.72 Å². The van der Waals surface area contributed by atoms with Gasteiger partial charge in [0.15, 0.2) is 0 Å². The molecule has 32 heavy (non-hydrogen) atoms. The van der Waals surface area contributed by atoms with Crippen molar-refractivity contribution in [1.82, 2.24) is 14.9 Å². The SMILES string of the molecule is CSc1ccc(C(=O)N[C@H](Cc2nc3ccccc3n2C)c2ccccc2)cc1[N+](=O)[O-]. The molecule has 0 saturated carbocycles. The molecule has 4 aromatic rings. The van der Waals surface area contributed by atoms with E-state index in [9.17, 15) is 14.9 Å². The van der Waals surface area contributed by atoms with Gasteiger partial charge >= 0.3 is 0 Å². The summed E-state index contributed by atoms with van der Waals surface area (Å²) in [5, 5.41) is 14.5. The molecule has 1 N–H and O–H groups in total. The minimum absolute atomic E-state index is 0.0724. The maximum Gasteiger partial charge on any atom is 0.283 e. The number of para-hydroxylation sites is 2. The highest BCUT2D eigenvalue weighted by molar-refractivity contribution is 7.98. The largest absolute Gasteiger partial charge is 0.345 e. The Kier molecular flexibility index (Phi) is 6.23. The van der Waals surface area contributed by atoms with E-state index in [4.69, 9.17) is 4.98 Å². The van der Waals surface area contributed by atoms with Gasteiger partial charge in [0.1, 0.15) is 5.82 Å². The Bertz CT molecular complexity index is 1290. The first-order chi connectivity index (χ1) is 15.5. The van der Waals surface area contributed by atoms with Crippen LogP contribution in [0.4, 0.5) is 5.69 Å². The first-order valence-corrected chi connectivity index (χ1v) is 11.3. The number of nitro groups is 1. The lowest BCUT2D eigenvalue weighted by Gasteiger charge is -2.19. The van der Waals surface area contributed by atoms with Gasteiger partial charge in [0.2, 0.25) is 0 Å². The number of benzene rings is 3. The first-order valence-electron chi connectivity index (χ1n) is 10.1. The highest BCUT2D eigenvalue weighted by Crippen LogP contribution is 2.29. The zero-order valence-corrected chi connectivity index (χ0v) is 18.5. The number of aryl methyl sites for hydroxylation is 1. The Morgan fingerprint density at radius 3 is 2.53 bits per heavy atom. The smallest absolute Gasteiger partial charge is 0.283 e. The van der Waals surface area contributed by atoms with Crippen molar-refractivity contribution in [3.63, 3.8) is 0 Å². The summed E-state index contributed by atoms with van der Waals surface area (Å²) >= 11 is 1.28. The van der Waals surface area contributed by atoms with Gasteiger partial charge in [-0.1, -0.05) is 42.5 Å². The van der Waals surface area contributed by atoms with E-state index in [1.165, 1.54) is 17.8 Å². The van der Waals surface area contributed by atoms with Crippen LogP contribution in [-0.4, -0.2) is 26.6 Å². The molecule has 8 heteroatoms. The highest BCUT2D eigenvalue weighted by atomic mass is 32.2. The van der Waals surface area contributed by atoms with Crippen molar-refractivity contribution in [3.8, 4) is 0 Å². The second-order valence-electron chi connectivity index (χ2n) is 7.36. The highest BCUT2D eigenvalue weighted by Gasteiger charge is 2.22. The molecule has 1 amide bonds. The van der Waals surface area contributed by atoms with Crippen LogP contribution in [0.1, 0.15) is 27.8 Å². The van der Waals surface area contributed by atoms with Crippen molar-refractivity contribution in [2.24, 2.45) is 7.05 Å². The molecule has 0 aliphatic rings. The van der Waals surface area contributed by atoms with Gasteiger partial charge in [-0.3, -0.25) is 14.9 Å². The van der Waals surface area contributed by atoms with Crippen molar-refractivity contribution in [2.45, 2.75) is 17.4 Å². The van der Waals surface area contributed by atoms with Gasteiger partial charge in [0, 0.05) is 25.1 Å². The molecule has 0 aliphatic heterocycles. The number of nitro benzene ring substituents is 1. The topological polar surface area (TPSA) is 90.1 Å². The number of imidazole rings is 1. The molecule has 0 aliphatic carbocycles. The fourth-order valence-corrected chi connectivity index (χ4v) is 4.26. The van der Waals surface area contributed by atoms with Gasteiger partial charge < -0.3 is 9.88 Å².